The highest BCUT2D eigenvalue weighted by atomic mass is 16.5. The molecule has 1 N–H and O–H groups in total. The number of amides is 1. The van der Waals surface area contributed by atoms with Gasteiger partial charge in [-0.2, -0.15) is 0 Å². The SMILES string of the molecule is CCN(CCO)C(=O)c1ccc(C)c(Oc2ccncc2)c1. The quantitative estimate of drug-likeness (QED) is 0.891. The molecule has 0 aliphatic carbocycles. The van der Waals surface area contributed by atoms with Crippen LogP contribution in [-0.4, -0.2) is 40.6 Å². The van der Waals surface area contributed by atoms with Gasteiger partial charge in [0.25, 0.3) is 5.91 Å². The predicted molar refractivity (Wildman–Crippen MR) is 84.2 cm³/mol. The van der Waals surface area contributed by atoms with Crippen molar-refractivity contribution in [2.24, 2.45) is 0 Å². The predicted octanol–water partition coefficient (Wildman–Crippen LogP) is 2.64. The number of benzene rings is 1. The van der Waals surface area contributed by atoms with Gasteiger partial charge in [-0.3, -0.25) is 9.78 Å². The van der Waals surface area contributed by atoms with Gasteiger partial charge in [-0.25, -0.2) is 0 Å². The van der Waals surface area contributed by atoms with E-state index in [2.05, 4.69) is 4.98 Å². The number of aliphatic hydroxyl groups excluding tert-OH is 1. The zero-order valence-electron chi connectivity index (χ0n) is 12.8. The highest BCUT2D eigenvalue weighted by Gasteiger charge is 2.15. The molecule has 0 aliphatic heterocycles. The first kappa shape index (κ1) is 16.0. The van der Waals surface area contributed by atoms with Gasteiger partial charge in [0.15, 0.2) is 0 Å². The van der Waals surface area contributed by atoms with Crippen molar-refractivity contribution in [2.45, 2.75) is 13.8 Å². The molecule has 1 aromatic heterocycles. The van der Waals surface area contributed by atoms with E-state index in [9.17, 15) is 4.79 Å². The van der Waals surface area contributed by atoms with Crippen LogP contribution in [0.1, 0.15) is 22.8 Å². The number of rotatable bonds is 6. The maximum Gasteiger partial charge on any atom is 0.254 e. The highest BCUT2D eigenvalue weighted by Crippen LogP contribution is 2.26. The smallest absolute Gasteiger partial charge is 0.254 e. The average molecular weight is 300 g/mol. The molecule has 0 unspecified atom stereocenters. The Morgan fingerprint density at radius 1 is 1.27 bits per heavy atom. The molecule has 0 radical (unpaired) electrons. The van der Waals surface area contributed by atoms with E-state index in [0.717, 1.165) is 5.56 Å². The number of carbonyl (C=O) groups is 1. The molecule has 5 heteroatoms. The highest BCUT2D eigenvalue weighted by molar-refractivity contribution is 5.94. The topological polar surface area (TPSA) is 62.7 Å². The molecule has 0 fully saturated rings. The third-order valence-electron chi connectivity index (χ3n) is 3.35. The molecule has 1 heterocycles. The van der Waals surface area contributed by atoms with Crippen molar-refractivity contribution in [2.75, 3.05) is 19.7 Å². The normalized spacial score (nSPS) is 10.3. The molecule has 0 saturated carbocycles. The fourth-order valence-electron chi connectivity index (χ4n) is 2.08. The van der Waals surface area contributed by atoms with Gasteiger partial charge < -0.3 is 14.7 Å². The molecule has 0 atom stereocenters. The lowest BCUT2D eigenvalue weighted by molar-refractivity contribution is 0.0731. The number of likely N-dealkylation sites (N-methyl/N-ethyl adjacent to an activating group) is 1. The van der Waals surface area contributed by atoms with Gasteiger partial charge in [-0.05, 0) is 43.7 Å². The second-order valence-corrected chi connectivity index (χ2v) is 4.87. The van der Waals surface area contributed by atoms with Crippen molar-refractivity contribution in [3.8, 4) is 11.5 Å². The summed E-state index contributed by atoms with van der Waals surface area (Å²) in [6, 6.07) is 8.89. The summed E-state index contributed by atoms with van der Waals surface area (Å²) in [6.45, 7) is 4.63. The summed E-state index contributed by atoms with van der Waals surface area (Å²) >= 11 is 0. The largest absolute Gasteiger partial charge is 0.457 e. The molecule has 2 aromatic rings. The van der Waals surface area contributed by atoms with Crippen LogP contribution in [0.3, 0.4) is 0 Å². The summed E-state index contributed by atoms with van der Waals surface area (Å²) in [7, 11) is 0. The van der Waals surface area contributed by atoms with Gasteiger partial charge in [-0.1, -0.05) is 6.07 Å². The van der Waals surface area contributed by atoms with Crippen molar-refractivity contribution < 1.29 is 14.6 Å². The van der Waals surface area contributed by atoms with Crippen molar-refractivity contribution in [1.82, 2.24) is 9.88 Å². The van der Waals surface area contributed by atoms with Crippen molar-refractivity contribution in [3.05, 3.63) is 53.9 Å². The lowest BCUT2D eigenvalue weighted by Gasteiger charge is -2.20. The molecule has 22 heavy (non-hydrogen) atoms. The second-order valence-electron chi connectivity index (χ2n) is 4.87. The number of pyridine rings is 1. The minimum absolute atomic E-state index is 0.0498. The van der Waals surface area contributed by atoms with Crippen molar-refractivity contribution in [1.29, 1.82) is 0 Å². The number of aryl methyl sites for hydroxylation is 1. The molecule has 5 nitrogen and oxygen atoms in total. The van der Waals surface area contributed by atoms with Gasteiger partial charge in [0.05, 0.1) is 6.61 Å². The van der Waals surface area contributed by atoms with E-state index in [1.807, 2.05) is 19.9 Å². The molecular formula is C17H20N2O3. The Hall–Kier alpha value is -2.40. The third-order valence-corrected chi connectivity index (χ3v) is 3.35. The van der Waals surface area contributed by atoms with E-state index < -0.39 is 0 Å². The van der Waals surface area contributed by atoms with E-state index in [0.29, 0.717) is 30.2 Å². The van der Waals surface area contributed by atoms with E-state index in [4.69, 9.17) is 9.84 Å². The summed E-state index contributed by atoms with van der Waals surface area (Å²) in [5.41, 5.74) is 1.49. The van der Waals surface area contributed by atoms with Gasteiger partial charge >= 0.3 is 0 Å². The van der Waals surface area contributed by atoms with E-state index in [1.54, 1.807) is 41.6 Å². The Balaban J connectivity index is 2.24. The van der Waals surface area contributed by atoms with Gasteiger partial charge in [0, 0.05) is 31.0 Å². The average Bonchev–Trinajstić information content (AvgIpc) is 2.55. The molecule has 0 aliphatic rings. The summed E-state index contributed by atoms with van der Waals surface area (Å²) < 4.78 is 5.81. The molecule has 2 rings (SSSR count). The first-order valence-corrected chi connectivity index (χ1v) is 7.24. The second kappa shape index (κ2) is 7.56. The van der Waals surface area contributed by atoms with Crippen LogP contribution in [0.5, 0.6) is 11.5 Å². The lowest BCUT2D eigenvalue weighted by atomic mass is 10.1. The Kier molecular flexibility index (Phi) is 5.49. The van der Waals surface area contributed by atoms with Crippen LogP contribution in [0, 0.1) is 6.92 Å². The summed E-state index contributed by atoms with van der Waals surface area (Å²) in [4.78, 5) is 18.0. The Morgan fingerprint density at radius 3 is 2.64 bits per heavy atom. The third kappa shape index (κ3) is 3.83. The number of carbonyl (C=O) groups excluding carboxylic acids is 1. The zero-order chi connectivity index (χ0) is 15.9. The monoisotopic (exact) mass is 300 g/mol. The molecular weight excluding hydrogens is 280 g/mol. The fourth-order valence-corrected chi connectivity index (χ4v) is 2.08. The Bertz CT molecular complexity index is 629. The Labute approximate surface area is 130 Å². The number of hydrogen-bond donors (Lipinski definition) is 1. The number of aliphatic hydroxyl groups is 1. The van der Waals surface area contributed by atoms with E-state index in [-0.39, 0.29) is 12.5 Å². The molecule has 1 amide bonds. The zero-order valence-corrected chi connectivity index (χ0v) is 12.8. The Morgan fingerprint density at radius 2 is 2.00 bits per heavy atom. The molecule has 116 valence electrons. The number of aromatic nitrogens is 1. The van der Waals surface area contributed by atoms with E-state index in [1.165, 1.54) is 0 Å². The van der Waals surface area contributed by atoms with Gasteiger partial charge in [0.1, 0.15) is 11.5 Å². The van der Waals surface area contributed by atoms with Crippen LogP contribution < -0.4 is 4.74 Å². The summed E-state index contributed by atoms with van der Waals surface area (Å²) in [5, 5.41) is 9.03. The number of nitrogens with zero attached hydrogens (tertiary/aromatic N) is 2. The maximum absolute atomic E-state index is 12.4. The number of hydrogen-bond acceptors (Lipinski definition) is 4. The van der Waals surface area contributed by atoms with Crippen LogP contribution in [0.25, 0.3) is 0 Å². The molecule has 0 spiro atoms. The lowest BCUT2D eigenvalue weighted by Crippen LogP contribution is -2.33. The summed E-state index contributed by atoms with van der Waals surface area (Å²) in [6.07, 6.45) is 3.31. The van der Waals surface area contributed by atoms with E-state index >= 15 is 0 Å². The molecule has 1 aromatic carbocycles. The summed E-state index contributed by atoms with van der Waals surface area (Å²) in [5.74, 6) is 1.19. The van der Waals surface area contributed by atoms with Crippen molar-refractivity contribution in [3.63, 3.8) is 0 Å². The first-order chi connectivity index (χ1) is 10.7. The maximum atomic E-state index is 12.4. The van der Waals surface area contributed by atoms with Crippen molar-refractivity contribution >= 4 is 5.91 Å². The number of ether oxygens (including phenoxy) is 1. The van der Waals surface area contributed by atoms with Crippen LogP contribution >= 0.6 is 0 Å². The van der Waals surface area contributed by atoms with Crippen LogP contribution in [-0.2, 0) is 0 Å². The molecule has 0 bridgehead atoms. The van der Waals surface area contributed by atoms with Crippen LogP contribution in [0.4, 0.5) is 0 Å². The fraction of sp³-hybridized carbons (Fsp3) is 0.294. The minimum Gasteiger partial charge on any atom is -0.457 e. The van der Waals surface area contributed by atoms with Gasteiger partial charge in [0.2, 0.25) is 0 Å². The standard InChI is InChI=1S/C17H20N2O3/c1-3-19(10-11-20)17(21)14-5-4-13(2)16(12-14)22-15-6-8-18-9-7-15/h4-9,12,20H,3,10-11H2,1-2H3. The minimum atomic E-state index is -0.115. The van der Waals surface area contributed by atoms with Crippen LogP contribution in [0.2, 0.25) is 0 Å². The van der Waals surface area contributed by atoms with Crippen LogP contribution in [0.15, 0.2) is 42.7 Å². The first-order valence-electron chi connectivity index (χ1n) is 7.24. The van der Waals surface area contributed by atoms with Gasteiger partial charge in [-0.15, -0.1) is 0 Å². The molecule has 0 saturated heterocycles.